The molecule has 3 aromatic rings. The van der Waals surface area contributed by atoms with Crippen LogP contribution in [-0.4, -0.2) is 47.2 Å². The fourth-order valence-electron chi connectivity index (χ4n) is 2.17. The lowest BCUT2D eigenvalue weighted by molar-refractivity contribution is 0.310. The average Bonchev–Trinajstić information content (AvgIpc) is 3.02. The van der Waals surface area contributed by atoms with E-state index in [0.717, 1.165) is 5.56 Å². The third-order valence-corrected chi connectivity index (χ3v) is 3.25. The van der Waals surface area contributed by atoms with Crippen LogP contribution in [0.3, 0.4) is 0 Å². The van der Waals surface area contributed by atoms with Crippen molar-refractivity contribution in [2.24, 2.45) is 5.73 Å². The Bertz CT molecular complexity index is 818. The summed E-state index contributed by atoms with van der Waals surface area (Å²) in [6.07, 6.45) is 0. The molecule has 2 aromatic heterocycles. The van der Waals surface area contributed by atoms with Crippen LogP contribution in [0.15, 0.2) is 30.3 Å². The van der Waals surface area contributed by atoms with Crippen LogP contribution in [0.2, 0.25) is 0 Å². The maximum atomic E-state index is 5.45. The highest BCUT2D eigenvalue weighted by Gasteiger charge is 2.13. The van der Waals surface area contributed by atoms with E-state index in [0.29, 0.717) is 42.0 Å². The Labute approximate surface area is 132 Å². The smallest absolute Gasteiger partial charge is 0.231 e. The lowest BCUT2D eigenvalue weighted by Crippen LogP contribution is -2.12. The van der Waals surface area contributed by atoms with Gasteiger partial charge in [-0.1, -0.05) is 0 Å². The van der Waals surface area contributed by atoms with Gasteiger partial charge in [0.2, 0.25) is 5.88 Å². The number of nitrogens with two attached hydrogens (primary N) is 1. The standard InChI is InChI=1S/C15H17N5O3/c1-21-11-4-3-10(9-12(11)22-2)15-18-17-13-5-6-14(19-20(13)15)23-8-7-16/h3-6,9H,7-8,16H2,1-2H3. The van der Waals surface area contributed by atoms with Crippen LogP contribution in [0.5, 0.6) is 17.4 Å². The van der Waals surface area contributed by atoms with Gasteiger partial charge in [-0.25, -0.2) is 0 Å². The van der Waals surface area contributed by atoms with E-state index in [9.17, 15) is 0 Å². The van der Waals surface area contributed by atoms with Gasteiger partial charge < -0.3 is 19.9 Å². The Morgan fingerprint density at radius 3 is 2.61 bits per heavy atom. The predicted molar refractivity (Wildman–Crippen MR) is 83.9 cm³/mol. The van der Waals surface area contributed by atoms with Gasteiger partial charge in [-0.15, -0.1) is 15.3 Å². The van der Waals surface area contributed by atoms with E-state index in [-0.39, 0.29) is 0 Å². The number of hydrogen-bond donors (Lipinski definition) is 1. The third-order valence-electron chi connectivity index (χ3n) is 3.25. The minimum atomic E-state index is 0.395. The van der Waals surface area contributed by atoms with E-state index in [1.165, 1.54) is 0 Å². The van der Waals surface area contributed by atoms with Crippen molar-refractivity contribution in [3.8, 4) is 28.8 Å². The first-order valence-electron chi connectivity index (χ1n) is 7.04. The Morgan fingerprint density at radius 1 is 1.04 bits per heavy atom. The van der Waals surface area contributed by atoms with Crippen molar-refractivity contribution < 1.29 is 14.2 Å². The van der Waals surface area contributed by atoms with Crippen LogP contribution in [0.1, 0.15) is 0 Å². The first-order chi connectivity index (χ1) is 11.3. The van der Waals surface area contributed by atoms with Gasteiger partial charge in [0, 0.05) is 18.2 Å². The van der Waals surface area contributed by atoms with E-state index in [4.69, 9.17) is 19.9 Å². The van der Waals surface area contributed by atoms with Gasteiger partial charge in [0.1, 0.15) is 6.61 Å². The summed E-state index contributed by atoms with van der Waals surface area (Å²) in [4.78, 5) is 0. The summed E-state index contributed by atoms with van der Waals surface area (Å²) >= 11 is 0. The maximum absolute atomic E-state index is 5.45. The fraction of sp³-hybridized carbons (Fsp3) is 0.267. The van der Waals surface area contributed by atoms with Crippen LogP contribution in [-0.2, 0) is 0 Å². The Hall–Kier alpha value is -2.87. The highest BCUT2D eigenvalue weighted by molar-refractivity contribution is 5.63. The van der Waals surface area contributed by atoms with Crippen LogP contribution >= 0.6 is 0 Å². The summed E-state index contributed by atoms with van der Waals surface area (Å²) < 4.78 is 17.6. The molecular weight excluding hydrogens is 298 g/mol. The van der Waals surface area contributed by atoms with Crippen molar-refractivity contribution in [1.29, 1.82) is 0 Å². The molecule has 2 N–H and O–H groups in total. The quantitative estimate of drug-likeness (QED) is 0.728. The van der Waals surface area contributed by atoms with E-state index >= 15 is 0 Å². The van der Waals surface area contributed by atoms with Crippen molar-refractivity contribution in [1.82, 2.24) is 19.8 Å². The second-order valence-corrected chi connectivity index (χ2v) is 4.67. The molecule has 0 saturated heterocycles. The Kier molecular flexibility index (Phi) is 4.24. The predicted octanol–water partition coefficient (Wildman–Crippen LogP) is 1.15. The van der Waals surface area contributed by atoms with Crippen LogP contribution in [0, 0.1) is 0 Å². The molecule has 0 bridgehead atoms. The summed E-state index contributed by atoms with van der Waals surface area (Å²) in [6.45, 7) is 0.816. The van der Waals surface area contributed by atoms with Gasteiger partial charge in [-0.05, 0) is 24.3 Å². The number of ether oxygens (including phenoxy) is 3. The summed E-state index contributed by atoms with van der Waals surface area (Å²) in [5.74, 6) is 2.30. The highest BCUT2D eigenvalue weighted by Crippen LogP contribution is 2.31. The average molecular weight is 315 g/mol. The summed E-state index contributed by atoms with van der Waals surface area (Å²) in [5.41, 5.74) is 6.86. The molecule has 0 spiro atoms. The van der Waals surface area contributed by atoms with Crippen molar-refractivity contribution in [3.05, 3.63) is 30.3 Å². The number of nitrogens with zero attached hydrogens (tertiary/aromatic N) is 4. The largest absolute Gasteiger partial charge is 0.493 e. The zero-order valence-electron chi connectivity index (χ0n) is 12.9. The molecule has 0 fully saturated rings. The molecule has 0 aliphatic rings. The molecule has 8 nitrogen and oxygen atoms in total. The molecule has 120 valence electrons. The SMILES string of the molecule is COc1ccc(-c2nnc3ccc(OCCN)nn23)cc1OC. The molecule has 8 heteroatoms. The van der Waals surface area contributed by atoms with Gasteiger partial charge in [0.05, 0.1) is 14.2 Å². The van der Waals surface area contributed by atoms with Gasteiger partial charge >= 0.3 is 0 Å². The molecule has 2 heterocycles. The maximum Gasteiger partial charge on any atom is 0.231 e. The van der Waals surface area contributed by atoms with Crippen molar-refractivity contribution in [3.63, 3.8) is 0 Å². The van der Waals surface area contributed by atoms with E-state index in [1.807, 2.05) is 18.2 Å². The lowest BCUT2D eigenvalue weighted by atomic mass is 10.2. The lowest BCUT2D eigenvalue weighted by Gasteiger charge is -2.09. The Balaban J connectivity index is 2.05. The second kappa shape index (κ2) is 6.49. The van der Waals surface area contributed by atoms with Crippen LogP contribution < -0.4 is 19.9 Å². The van der Waals surface area contributed by atoms with Gasteiger partial charge in [0.25, 0.3) is 0 Å². The molecule has 1 aromatic carbocycles. The number of benzene rings is 1. The molecular formula is C15H17N5O3. The molecule has 0 unspecified atom stereocenters. The number of fused-ring (bicyclic) bond motifs is 1. The van der Waals surface area contributed by atoms with Crippen LogP contribution in [0.4, 0.5) is 0 Å². The van der Waals surface area contributed by atoms with Gasteiger partial charge in [-0.2, -0.15) is 4.52 Å². The molecule has 0 amide bonds. The summed E-state index contributed by atoms with van der Waals surface area (Å²) in [6, 6.07) is 9.02. The fourth-order valence-corrected chi connectivity index (χ4v) is 2.17. The second-order valence-electron chi connectivity index (χ2n) is 4.67. The number of hydrogen-bond acceptors (Lipinski definition) is 7. The van der Waals surface area contributed by atoms with E-state index < -0.39 is 0 Å². The van der Waals surface area contributed by atoms with Gasteiger partial charge in [0.15, 0.2) is 23.0 Å². The van der Waals surface area contributed by atoms with Crippen molar-refractivity contribution in [2.45, 2.75) is 0 Å². The highest BCUT2D eigenvalue weighted by atomic mass is 16.5. The summed E-state index contributed by atoms with van der Waals surface area (Å²) in [5, 5.41) is 12.7. The third kappa shape index (κ3) is 2.88. The molecule has 0 aliphatic carbocycles. The van der Waals surface area contributed by atoms with E-state index in [2.05, 4.69) is 15.3 Å². The number of rotatable bonds is 6. The zero-order valence-corrected chi connectivity index (χ0v) is 12.9. The molecule has 0 radical (unpaired) electrons. The van der Waals surface area contributed by atoms with Crippen molar-refractivity contribution >= 4 is 5.65 Å². The molecule has 0 aliphatic heterocycles. The Morgan fingerprint density at radius 2 is 1.87 bits per heavy atom. The summed E-state index contributed by atoms with van der Waals surface area (Å²) in [7, 11) is 3.17. The molecule has 3 rings (SSSR count). The molecule has 0 saturated carbocycles. The van der Waals surface area contributed by atoms with Crippen molar-refractivity contribution in [2.75, 3.05) is 27.4 Å². The van der Waals surface area contributed by atoms with Crippen LogP contribution in [0.25, 0.3) is 17.0 Å². The molecule has 23 heavy (non-hydrogen) atoms. The zero-order chi connectivity index (χ0) is 16.2. The topological polar surface area (TPSA) is 96.8 Å². The minimum Gasteiger partial charge on any atom is -0.493 e. The van der Waals surface area contributed by atoms with Gasteiger partial charge in [-0.3, -0.25) is 0 Å². The van der Waals surface area contributed by atoms with E-state index in [1.54, 1.807) is 30.9 Å². The minimum absolute atomic E-state index is 0.395. The first kappa shape index (κ1) is 15.0. The first-order valence-corrected chi connectivity index (χ1v) is 7.04. The number of methoxy groups -OCH3 is 2. The monoisotopic (exact) mass is 315 g/mol. The number of aromatic nitrogens is 4. The normalized spacial score (nSPS) is 10.7. The molecule has 0 atom stereocenters.